The number of anilines is 1. The van der Waals surface area contributed by atoms with Crippen LogP contribution in [0.5, 0.6) is 0 Å². The van der Waals surface area contributed by atoms with E-state index in [2.05, 4.69) is 10.4 Å². The topological polar surface area (TPSA) is 84.3 Å². The van der Waals surface area contributed by atoms with Crippen molar-refractivity contribution in [2.75, 3.05) is 18.4 Å². The van der Waals surface area contributed by atoms with Gasteiger partial charge < -0.3 is 5.32 Å². The van der Waals surface area contributed by atoms with Crippen molar-refractivity contribution >= 4 is 32.5 Å². The Bertz CT molecular complexity index is 1500. The number of carbonyl (C=O) groups excluding carboxylic acids is 1. The maximum absolute atomic E-state index is 13.5. The lowest BCUT2D eigenvalue weighted by molar-refractivity contribution is -0.116. The van der Waals surface area contributed by atoms with Gasteiger partial charge in [-0.2, -0.15) is 9.40 Å². The number of nitrogens with zero attached hydrogens (tertiary/aromatic N) is 3. The molecule has 9 heteroatoms. The van der Waals surface area contributed by atoms with Crippen molar-refractivity contribution in [2.24, 2.45) is 0 Å². The molecule has 0 fully saturated rings. The molecule has 4 aromatic rings. The largest absolute Gasteiger partial charge is 0.309 e. The minimum atomic E-state index is -3.94. The monoisotopic (exact) mass is 508 g/mol. The first kappa shape index (κ1) is 25.5. The first-order valence-electron chi connectivity index (χ1n) is 11.6. The molecule has 3 aromatic carbocycles. The Labute approximate surface area is 210 Å². The lowest BCUT2D eigenvalue weighted by Crippen LogP contribution is -2.38. The van der Waals surface area contributed by atoms with Gasteiger partial charge in [0.25, 0.3) is 0 Å². The van der Waals surface area contributed by atoms with Crippen molar-refractivity contribution in [2.45, 2.75) is 38.0 Å². The molecule has 4 rings (SSSR count). The molecule has 0 unspecified atom stereocenters. The second kappa shape index (κ2) is 9.83. The van der Waals surface area contributed by atoms with Gasteiger partial charge in [-0.15, -0.1) is 0 Å². The molecule has 1 amide bonds. The maximum atomic E-state index is 13.5. The fourth-order valence-electron chi connectivity index (χ4n) is 3.88. The minimum Gasteiger partial charge on any atom is -0.309 e. The van der Waals surface area contributed by atoms with E-state index < -0.39 is 15.9 Å². The van der Waals surface area contributed by atoms with Gasteiger partial charge in [-0.3, -0.25) is 4.79 Å². The average Bonchev–Trinajstić information content (AvgIpc) is 3.26. The lowest BCUT2D eigenvalue weighted by Gasteiger charge is -2.21. The van der Waals surface area contributed by atoms with Gasteiger partial charge in [0, 0.05) is 23.4 Å². The molecule has 0 atom stereocenters. The summed E-state index contributed by atoms with van der Waals surface area (Å²) in [6.45, 7) is 7.41. The molecule has 0 aliphatic carbocycles. The Kier molecular flexibility index (Phi) is 6.97. The van der Waals surface area contributed by atoms with E-state index >= 15 is 0 Å². The van der Waals surface area contributed by atoms with Crippen LogP contribution in [-0.4, -0.2) is 41.5 Å². The number of carbonyl (C=O) groups is 1. The van der Waals surface area contributed by atoms with Crippen LogP contribution in [-0.2, 0) is 20.2 Å². The molecule has 1 heterocycles. The van der Waals surface area contributed by atoms with Gasteiger partial charge in [-0.1, -0.05) is 64.1 Å². The SMILES string of the molecule is CCN(CC(=O)Nc1cc(C(C)(C)C)nn1-c1ccc(F)cc1)S(=O)(=O)c1cccc2ccccc12. The van der Waals surface area contributed by atoms with E-state index in [1.165, 1.54) is 16.8 Å². The number of benzene rings is 3. The van der Waals surface area contributed by atoms with Gasteiger partial charge in [-0.05, 0) is 35.7 Å². The third kappa shape index (κ3) is 5.17. The predicted octanol–water partition coefficient (Wildman–Crippen LogP) is 5.11. The molecule has 0 saturated carbocycles. The second-order valence-electron chi connectivity index (χ2n) is 9.51. The molecule has 7 nitrogen and oxygen atoms in total. The highest BCUT2D eigenvalue weighted by molar-refractivity contribution is 7.89. The molecule has 36 heavy (non-hydrogen) atoms. The second-order valence-corrected chi connectivity index (χ2v) is 11.4. The van der Waals surface area contributed by atoms with Crippen LogP contribution in [0.2, 0.25) is 0 Å². The summed E-state index contributed by atoms with van der Waals surface area (Å²) in [5.41, 5.74) is 0.980. The van der Waals surface area contributed by atoms with Gasteiger partial charge >= 0.3 is 0 Å². The summed E-state index contributed by atoms with van der Waals surface area (Å²) in [5, 5.41) is 8.82. The predicted molar refractivity (Wildman–Crippen MR) is 139 cm³/mol. The number of nitrogens with one attached hydrogen (secondary N) is 1. The van der Waals surface area contributed by atoms with Gasteiger partial charge in [0.1, 0.15) is 11.6 Å². The molecule has 0 radical (unpaired) electrons. The quantitative estimate of drug-likeness (QED) is 0.376. The van der Waals surface area contributed by atoms with Gasteiger partial charge in [0.15, 0.2) is 0 Å². The molecule has 1 aromatic heterocycles. The third-order valence-electron chi connectivity index (χ3n) is 5.86. The smallest absolute Gasteiger partial charge is 0.244 e. The first-order valence-corrected chi connectivity index (χ1v) is 13.1. The van der Waals surface area contributed by atoms with E-state index in [9.17, 15) is 17.6 Å². The highest BCUT2D eigenvalue weighted by Gasteiger charge is 2.28. The number of aromatic nitrogens is 2. The molecule has 0 bridgehead atoms. The Morgan fingerprint density at radius 2 is 1.69 bits per heavy atom. The van der Waals surface area contributed by atoms with Gasteiger partial charge in [0.2, 0.25) is 15.9 Å². The molecule has 0 aliphatic heterocycles. The lowest BCUT2D eigenvalue weighted by atomic mass is 9.92. The van der Waals surface area contributed by atoms with Crippen LogP contribution < -0.4 is 5.32 Å². The van der Waals surface area contributed by atoms with E-state index in [-0.39, 0.29) is 29.2 Å². The zero-order valence-electron chi connectivity index (χ0n) is 20.7. The molecule has 0 spiro atoms. The van der Waals surface area contributed by atoms with Crippen LogP contribution in [0.15, 0.2) is 77.7 Å². The van der Waals surface area contributed by atoms with Crippen molar-refractivity contribution in [1.82, 2.24) is 14.1 Å². The fourth-order valence-corrected chi connectivity index (χ4v) is 5.50. The average molecular weight is 509 g/mol. The molecule has 0 saturated heterocycles. The number of likely N-dealkylation sites (N-methyl/N-ethyl adjacent to an activating group) is 1. The number of sulfonamides is 1. The molecule has 0 aliphatic rings. The van der Waals surface area contributed by atoms with Crippen LogP contribution >= 0.6 is 0 Å². The summed E-state index contributed by atoms with van der Waals surface area (Å²) >= 11 is 0. The minimum absolute atomic E-state index is 0.115. The maximum Gasteiger partial charge on any atom is 0.244 e. The number of rotatable bonds is 7. The van der Waals surface area contributed by atoms with Crippen LogP contribution in [0, 0.1) is 5.82 Å². The van der Waals surface area contributed by atoms with Gasteiger partial charge in [-0.25, -0.2) is 17.5 Å². The van der Waals surface area contributed by atoms with Crippen molar-refractivity contribution < 1.29 is 17.6 Å². The Morgan fingerprint density at radius 3 is 2.36 bits per heavy atom. The molecular weight excluding hydrogens is 479 g/mol. The summed E-state index contributed by atoms with van der Waals surface area (Å²) in [4.78, 5) is 13.3. The normalized spacial score (nSPS) is 12.3. The van der Waals surface area contributed by atoms with E-state index in [4.69, 9.17) is 0 Å². The van der Waals surface area contributed by atoms with E-state index in [0.29, 0.717) is 16.9 Å². The van der Waals surface area contributed by atoms with E-state index in [0.717, 1.165) is 15.4 Å². The Hall–Kier alpha value is -3.56. The Morgan fingerprint density at radius 1 is 1.03 bits per heavy atom. The summed E-state index contributed by atoms with van der Waals surface area (Å²) in [6, 6.07) is 19.8. The zero-order valence-corrected chi connectivity index (χ0v) is 21.5. The van der Waals surface area contributed by atoms with Gasteiger partial charge in [0.05, 0.1) is 22.8 Å². The summed E-state index contributed by atoms with van der Waals surface area (Å²) < 4.78 is 43.2. The highest BCUT2D eigenvalue weighted by Crippen LogP contribution is 2.28. The summed E-state index contributed by atoms with van der Waals surface area (Å²) in [5.74, 6) is -0.524. The van der Waals surface area contributed by atoms with Crippen molar-refractivity contribution in [3.05, 3.63) is 84.3 Å². The van der Waals surface area contributed by atoms with Crippen LogP contribution in [0.3, 0.4) is 0 Å². The number of fused-ring (bicyclic) bond motifs is 1. The summed E-state index contributed by atoms with van der Waals surface area (Å²) in [7, 11) is -3.94. The summed E-state index contributed by atoms with van der Waals surface area (Å²) in [6.07, 6.45) is 0. The number of halogens is 1. The fraction of sp³-hybridized carbons (Fsp3) is 0.259. The molecule has 188 valence electrons. The van der Waals surface area contributed by atoms with Crippen LogP contribution in [0.4, 0.5) is 10.2 Å². The van der Waals surface area contributed by atoms with Crippen LogP contribution in [0.1, 0.15) is 33.4 Å². The zero-order chi connectivity index (χ0) is 26.1. The van der Waals surface area contributed by atoms with Crippen molar-refractivity contribution in [3.8, 4) is 5.69 Å². The van der Waals surface area contributed by atoms with Crippen molar-refractivity contribution in [1.29, 1.82) is 0 Å². The number of amides is 1. The van der Waals surface area contributed by atoms with Crippen LogP contribution in [0.25, 0.3) is 16.5 Å². The highest BCUT2D eigenvalue weighted by atomic mass is 32.2. The van der Waals surface area contributed by atoms with Crippen molar-refractivity contribution in [3.63, 3.8) is 0 Å². The number of hydrogen-bond donors (Lipinski definition) is 1. The first-order chi connectivity index (χ1) is 17.0. The number of hydrogen-bond acceptors (Lipinski definition) is 4. The molecule has 1 N–H and O–H groups in total. The molecular formula is C27H29FN4O3S. The van der Waals surface area contributed by atoms with E-state index in [1.807, 2.05) is 39.0 Å². The standard InChI is InChI=1S/C27H29FN4O3S/c1-5-31(36(34,35)23-12-8-10-19-9-6-7-11-22(19)23)18-26(33)29-25-17-24(27(2,3)4)30-32(25)21-15-13-20(28)14-16-21/h6-17H,5,18H2,1-4H3,(H,29,33). The Balaban J connectivity index is 1.63. The third-order valence-corrected chi connectivity index (χ3v) is 7.84. The van der Waals surface area contributed by atoms with E-state index in [1.54, 1.807) is 49.4 Å².